The number of rotatable bonds is 6. The molecule has 2 N–H and O–H groups in total. The quantitative estimate of drug-likeness (QED) is 0.610. The molecule has 4 rings (SSSR count). The van der Waals surface area contributed by atoms with E-state index in [0.717, 1.165) is 12.0 Å². The van der Waals surface area contributed by atoms with Crippen molar-refractivity contribution in [1.29, 1.82) is 0 Å². The minimum Gasteiger partial charge on any atom is -0.450 e. The molecule has 2 saturated carbocycles. The third-order valence-corrected chi connectivity index (χ3v) is 9.19. The predicted molar refractivity (Wildman–Crippen MR) is 118 cm³/mol. The van der Waals surface area contributed by atoms with Crippen molar-refractivity contribution in [2.24, 2.45) is 28.6 Å². The van der Waals surface area contributed by atoms with Crippen molar-refractivity contribution in [2.75, 3.05) is 6.61 Å². The van der Waals surface area contributed by atoms with Crippen molar-refractivity contribution in [2.45, 2.75) is 83.8 Å². The molecule has 7 atom stereocenters. The van der Waals surface area contributed by atoms with Gasteiger partial charge < -0.3 is 14.9 Å². The number of esters is 1. The molecule has 0 amide bonds. The number of allylic oxidation sites excluding steroid dienone is 4. The molecular weight excluding hydrogens is 408 g/mol. The van der Waals surface area contributed by atoms with Gasteiger partial charge in [-0.1, -0.05) is 39.3 Å². The van der Waals surface area contributed by atoms with Crippen LogP contribution >= 0.6 is 0 Å². The van der Waals surface area contributed by atoms with E-state index in [-0.39, 0.29) is 35.4 Å². The molecule has 2 fully saturated rings. The molecule has 4 aliphatic carbocycles. The van der Waals surface area contributed by atoms with E-state index in [1.165, 1.54) is 0 Å². The lowest BCUT2D eigenvalue weighted by Gasteiger charge is -2.59. The van der Waals surface area contributed by atoms with Gasteiger partial charge in [-0.2, -0.15) is 0 Å². The summed E-state index contributed by atoms with van der Waals surface area (Å²) in [5.74, 6) is -0.745. The van der Waals surface area contributed by atoms with E-state index in [9.17, 15) is 24.6 Å². The fourth-order valence-corrected chi connectivity index (χ4v) is 7.49. The Morgan fingerprint density at radius 3 is 2.69 bits per heavy atom. The van der Waals surface area contributed by atoms with Gasteiger partial charge in [0.15, 0.2) is 11.4 Å². The number of hydrogen-bond donors (Lipinski definition) is 2. The lowest BCUT2D eigenvalue weighted by molar-refractivity contribution is -0.197. The second-order valence-corrected chi connectivity index (χ2v) is 10.8. The number of ether oxygens (including phenoxy) is 1. The number of carbonyl (C=O) groups excluding carboxylic acids is 3. The number of aliphatic hydroxyl groups excluding tert-OH is 2. The van der Waals surface area contributed by atoms with Crippen molar-refractivity contribution >= 4 is 17.5 Å². The molecule has 0 heterocycles. The summed E-state index contributed by atoms with van der Waals surface area (Å²) in [6.07, 6.45) is 9.49. The normalized spacial score (nSPS) is 42.5. The van der Waals surface area contributed by atoms with Crippen LogP contribution in [0.25, 0.3) is 0 Å². The highest BCUT2D eigenvalue weighted by atomic mass is 16.6. The van der Waals surface area contributed by atoms with Crippen LogP contribution in [0.5, 0.6) is 0 Å². The predicted octanol–water partition coefficient (Wildman–Crippen LogP) is 3.30. The molecule has 176 valence electrons. The first-order valence-corrected chi connectivity index (χ1v) is 12.1. The van der Waals surface area contributed by atoms with E-state index in [1.54, 1.807) is 6.08 Å². The Kier molecular flexibility index (Phi) is 6.00. The minimum atomic E-state index is -1.41. The summed E-state index contributed by atoms with van der Waals surface area (Å²) in [7, 11) is 0. The van der Waals surface area contributed by atoms with Gasteiger partial charge in [0, 0.05) is 24.2 Å². The van der Waals surface area contributed by atoms with Crippen molar-refractivity contribution in [3.05, 3.63) is 23.8 Å². The molecule has 4 aliphatic rings. The molecule has 0 bridgehead atoms. The second-order valence-electron chi connectivity index (χ2n) is 10.8. The Hall–Kier alpha value is -1.79. The van der Waals surface area contributed by atoms with Gasteiger partial charge in [0.2, 0.25) is 5.78 Å². The zero-order chi connectivity index (χ0) is 23.3. The van der Waals surface area contributed by atoms with Gasteiger partial charge in [-0.3, -0.25) is 14.4 Å². The first-order valence-electron chi connectivity index (χ1n) is 12.1. The van der Waals surface area contributed by atoms with Crippen LogP contribution in [0.3, 0.4) is 0 Å². The lowest BCUT2D eigenvalue weighted by atomic mass is 9.47. The van der Waals surface area contributed by atoms with Crippen molar-refractivity contribution in [3.63, 3.8) is 0 Å². The van der Waals surface area contributed by atoms with Gasteiger partial charge in [0.05, 0.1) is 6.10 Å². The first kappa shape index (κ1) is 23.4. The van der Waals surface area contributed by atoms with Crippen LogP contribution in [0.4, 0.5) is 0 Å². The van der Waals surface area contributed by atoms with E-state index in [2.05, 4.69) is 13.0 Å². The number of unbranched alkanes of at least 4 members (excludes halogenated alkanes) is 1. The molecule has 6 nitrogen and oxygen atoms in total. The molecule has 0 aromatic heterocycles. The summed E-state index contributed by atoms with van der Waals surface area (Å²) in [6.45, 7) is 5.40. The van der Waals surface area contributed by atoms with Crippen LogP contribution < -0.4 is 0 Å². The Bertz CT molecular complexity index is 874. The number of Topliss-reactive ketones (excluding diaryl/α,β-unsaturated/α-hetero) is 1. The van der Waals surface area contributed by atoms with Gasteiger partial charge in [0.25, 0.3) is 0 Å². The SMILES string of the molecule is CCCCC(=O)O[C@]1(C(=O)CO)CC[C@H]2[C@@H]3C=CC4=CC(=O)CC[C@]4(C)[C@@H]3[C@@H](O)C[C@@]21C. The molecule has 6 heteroatoms. The fourth-order valence-electron chi connectivity index (χ4n) is 7.49. The van der Waals surface area contributed by atoms with Gasteiger partial charge in [-0.25, -0.2) is 0 Å². The standard InChI is InChI=1S/C26H36O6/c1-4-5-6-22(31)32-26(21(30)15-27)12-10-19-18-8-7-16-13-17(28)9-11-24(16,2)23(18)20(29)14-25(19,26)3/h7-8,13,18-20,23,27,29H,4-6,9-12,14-15H2,1-3H3/t18-,19-,20-,23-,24-,25-,26-/m0/s1. The van der Waals surface area contributed by atoms with Crippen LogP contribution in [-0.2, 0) is 19.1 Å². The number of fused-ring (bicyclic) bond motifs is 5. The Morgan fingerprint density at radius 2 is 2.00 bits per heavy atom. The average Bonchev–Trinajstić information content (AvgIpc) is 3.04. The number of aliphatic hydroxyl groups is 2. The zero-order valence-electron chi connectivity index (χ0n) is 19.4. The maximum Gasteiger partial charge on any atom is 0.306 e. The van der Waals surface area contributed by atoms with Gasteiger partial charge in [-0.15, -0.1) is 0 Å². The summed E-state index contributed by atoms with van der Waals surface area (Å²) < 4.78 is 5.96. The average molecular weight is 445 g/mol. The maximum atomic E-state index is 13.1. The van der Waals surface area contributed by atoms with Crippen LogP contribution in [-0.4, -0.2) is 46.1 Å². The topological polar surface area (TPSA) is 101 Å². The highest BCUT2D eigenvalue weighted by molar-refractivity contribution is 5.93. The lowest BCUT2D eigenvalue weighted by Crippen LogP contribution is -2.62. The monoisotopic (exact) mass is 444 g/mol. The third kappa shape index (κ3) is 3.25. The van der Waals surface area contributed by atoms with Gasteiger partial charge in [-0.05, 0) is 61.0 Å². The molecule has 32 heavy (non-hydrogen) atoms. The molecule has 0 spiro atoms. The highest BCUT2D eigenvalue weighted by Gasteiger charge is 2.69. The number of carbonyl (C=O) groups is 3. The fraction of sp³-hybridized carbons (Fsp3) is 0.731. The molecule has 0 radical (unpaired) electrons. The van der Waals surface area contributed by atoms with Gasteiger partial charge >= 0.3 is 5.97 Å². The summed E-state index contributed by atoms with van der Waals surface area (Å²) >= 11 is 0. The molecule has 0 saturated heterocycles. The Morgan fingerprint density at radius 1 is 1.25 bits per heavy atom. The highest BCUT2D eigenvalue weighted by Crippen LogP contribution is 2.67. The van der Waals surface area contributed by atoms with Crippen molar-refractivity contribution < 1.29 is 29.3 Å². The zero-order valence-corrected chi connectivity index (χ0v) is 19.4. The second kappa shape index (κ2) is 8.21. The van der Waals surface area contributed by atoms with Crippen molar-refractivity contribution in [3.8, 4) is 0 Å². The van der Waals surface area contributed by atoms with Crippen LogP contribution in [0.2, 0.25) is 0 Å². The van der Waals surface area contributed by atoms with E-state index >= 15 is 0 Å². The number of hydrogen-bond acceptors (Lipinski definition) is 6. The van der Waals surface area contributed by atoms with E-state index in [1.807, 2.05) is 19.9 Å². The minimum absolute atomic E-state index is 0.0156. The summed E-state index contributed by atoms with van der Waals surface area (Å²) in [6, 6.07) is 0. The van der Waals surface area contributed by atoms with Gasteiger partial charge in [0.1, 0.15) is 6.61 Å². The molecule has 0 aliphatic heterocycles. The van der Waals surface area contributed by atoms with Crippen molar-refractivity contribution in [1.82, 2.24) is 0 Å². The first-order chi connectivity index (χ1) is 15.1. The van der Waals surface area contributed by atoms with Crippen LogP contribution in [0, 0.1) is 28.6 Å². The summed E-state index contributed by atoms with van der Waals surface area (Å²) in [5, 5.41) is 21.3. The van der Waals surface area contributed by atoms with E-state index in [4.69, 9.17) is 4.74 Å². The van der Waals surface area contributed by atoms with E-state index < -0.39 is 35.5 Å². The van der Waals surface area contributed by atoms with Crippen LogP contribution in [0.1, 0.15) is 72.1 Å². The molecule has 0 aromatic rings. The Balaban J connectivity index is 1.73. The smallest absolute Gasteiger partial charge is 0.306 e. The summed E-state index contributed by atoms with van der Waals surface area (Å²) in [4.78, 5) is 37.8. The van der Waals surface area contributed by atoms with E-state index in [0.29, 0.717) is 38.5 Å². The summed E-state index contributed by atoms with van der Waals surface area (Å²) in [5.41, 5.74) is -1.48. The molecule has 0 aromatic carbocycles. The van der Waals surface area contributed by atoms with Crippen LogP contribution in [0.15, 0.2) is 23.8 Å². The number of ketones is 2. The third-order valence-electron chi connectivity index (χ3n) is 9.19. The largest absolute Gasteiger partial charge is 0.450 e. The molecular formula is C26H36O6. The molecule has 0 unspecified atom stereocenters. The Labute approximate surface area is 190 Å². The maximum absolute atomic E-state index is 13.1.